The van der Waals surface area contributed by atoms with Crippen LogP contribution in [0.25, 0.3) is 5.69 Å². The molecular formula is C13H11BrN2O3. The Kier molecular flexibility index (Phi) is 3.53. The summed E-state index contributed by atoms with van der Waals surface area (Å²) >= 11 is 3.32. The van der Waals surface area contributed by atoms with E-state index < -0.39 is 11.5 Å². The minimum Gasteiger partial charge on any atom is -0.478 e. The lowest BCUT2D eigenvalue weighted by Gasteiger charge is -2.10. The third-order valence-electron chi connectivity index (χ3n) is 2.77. The summed E-state index contributed by atoms with van der Waals surface area (Å²) < 4.78 is 2.03. The first kappa shape index (κ1) is 13.5. The van der Waals surface area contributed by atoms with E-state index in [1.807, 2.05) is 6.07 Å². The summed E-state index contributed by atoms with van der Waals surface area (Å²) in [6.45, 7) is 3.07. The number of carboxylic acid groups (broad SMARTS) is 1. The van der Waals surface area contributed by atoms with Crippen LogP contribution in [-0.4, -0.2) is 20.9 Å². The summed E-state index contributed by atoms with van der Waals surface area (Å²) in [4.78, 5) is 23.3. The third-order valence-corrected chi connectivity index (χ3v) is 3.26. The van der Waals surface area contributed by atoms with E-state index in [-0.39, 0.29) is 11.1 Å². The zero-order valence-electron chi connectivity index (χ0n) is 10.3. The second-order valence-electron chi connectivity index (χ2n) is 4.09. The Morgan fingerprint density at radius 2 is 2.05 bits per heavy atom. The molecule has 1 heterocycles. The van der Waals surface area contributed by atoms with Crippen molar-refractivity contribution >= 4 is 21.9 Å². The van der Waals surface area contributed by atoms with Gasteiger partial charge in [0.05, 0.1) is 16.9 Å². The smallest absolute Gasteiger partial charge is 0.338 e. The first-order valence-corrected chi connectivity index (χ1v) is 6.31. The summed E-state index contributed by atoms with van der Waals surface area (Å²) in [5.41, 5.74) is 0.615. The predicted molar refractivity (Wildman–Crippen MR) is 74.0 cm³/mol. The molecule has 98 valence electrons. The van der Waals surface area contributed by atoms with Crippen molar-refractivity contribution in [2.75, 3.05) is 0 Å². The average Bonchev–Trinajstić information content (AvgIpc) is 2.33. The Morgan fingerprint density at radius 1 is 1.37 bits per heavy atom. The van der Waals surface area contributed by atoms with Crippen LogP contribution in [-0.2, 0) is 0 Å². The van der Waals surface area contributed by atoms with E-state index in [4.69, 9.17) is 5.11 Å². The molecule has 0 aliphatic rings. The van der Waals surface area contributed by atoms with Crippen LogP contribution in [0.3, 0.4) is 0 Å². The van der Waals surface area contributed by atoms with E-state index in [1.165, 1.54) is 11.6 Å². The molecule has 19 heavy (non-hydrogen) atoms. The number of benzene rings is 1. The molecule has 0 saturated heterocycles. The molecule has 0 radical (unpaired) electrons. The van der Waals surface area contributed by atoms with Crippen LogP contribution in [0.4, 0.5) is 0 Å². The molecule has 0 aliphatic heterocycles. The van der Waals surface area contributed by atoms with Crippen LogP contribution >= 0.6 is 15.9 Å². The molecule has 6 heteroatoms. The maximum absolute atomic E-state index is 12.2. The molecule has 1 aromatic carbocycles. The second kappa shape index (κ2) is 4.97. The predicted octanol–water partition coefficient (Wildman–Crippen LogP) is 2.31. The first-order chi connectivity index (χ1) is 8.91. The summed E-state index contributed by atoms with van der Waals surface area (Å²) in [7, 11) is 0. The molecule has 2 aromatic rings. The number of carboxylic acids is 1. The lowest BCUT2D eigenvalue weighted by atomic mass is 10.1. The molecule has 0 bridgehead atoms. The Hall–Kier alpha value is -1.95. The normalized spacial score (nSPS) is 10.5. The maximum atomic E-state index is 12.2. The van der Waals surface area contributed by atoms with Crippen LogP contribution in [0.15, 0.2) is 33.5 Å². The van der Waals surface area contributed by atoms with Gasteiger partial charge >= 0.3 is 5.97 Å². The number of aromatic nitrogens is 2. The summed E-state index contributed by atoms with van der Waals surface area (Å²) in [5, 5.41) is 13.1. The van der Waals surface area contributed by atoms with Crippen molar-refractivity contribution in [2.24, 2.45) is 0 Å². The molecule has 1 aromatic heterocycles. The standard InChI is InChI=1S/C13H11BrN2O3/c1-7-11(13(18)19)8(2)15-16(12(7)17)10-5-3-4-9(14)6-10/h3-6H,1-2H3,(H,18,19). The van der Waals surface area contributed by atoms with E-state index in [9.17, 15) is 9.59 Å². The lowest BCUT2D eigenvalue weighted by molar-refractivity contribution is 0.0694. The number of rotatable bonds is 2. The highest BCUT2D eigenvalue weighted by Crippen LogP contribution is 2.15. The van der Waals surface area contributed by atoms with Gasteiger partial charge in [-0.3, -0.25) is 4.79 Å². The van der Waals surface area contributed by atoms with Crippen LogP contribution in [0.5, 0.6) is 0 Å². The zero-order chi connectivity index (χ0) is 14.2. The lowest BCUT2D eigenvalue weighted by Crippen LogP contribution is -2.27. The van der Waals surface area contributed by atoms with Crippen molar-refractivity contribution in [3.05, 3.63) is 55.9 Å². The fourth-order valence-corrected chi connectivity index (χ4v) is 2.27. The summed E-state index contributed by atoms with van der Waals surface area (Å²) in [6.07, 6.45) is 0. The van der Waals surface area contributed by atoms with E-state index >= 15 is 0 Å². The summed E-state index contributed by atoms with van der Waals surface area (Å²) in [6, 6.07) is 7.09. The Balaban J connectivity index is 2.74. The highest BCUT2D eigenvalue weighted by Gasteiger charge is 2.17. The van der Waals surface area contributed by atoms with Crippen LogP contribution < -0.4 is 5.56 Å². The van der Waals surface area contributed by atoms with Gasteiger partial charge in [0.2, 0.25) is 0 Å². The second-order valence-corrected chi connectivity index (χ2v) is 5.00. The van der Waals surface area contributed by atoms with Gasteiger partial charge in [-0.05, 0) is 32.0 Å². The van der Waals surface area contributed by atoms with Gasteiger partial charge in [-0.25, -0.2) is 4.79 Å². The average molecular weight is 323 g/mol. The van der Waals surface area contributed by atoms with Gasteiger partial charge in [0.25, 0.3) is 5.56 Å². The number of nitrogens with zero attached hydrogens (tertiary/aromatic N) is 2. The van der Waals surface area contributed by atoms with Crippen molar-refractivity contribution in [1.82, 2.24) is 9.78 Å². The number of halogens is 1. The number of aryl methyl sites for hydroxylation is 1. The first-order valence-electron chi connectivity index (χ1n) is 5.51. The molecule has 2 rings (SSSR count). The fourth-order valence-electron chi connectivity index (χ4n) is 1.88. The largest absolute Gasteiger partial charge is 0.478 e. The molecule has 0 spiro atoms. The van der Waals surface area contributed by atoms with Gasteiger partial charge < -0.3 is 5.11 Å². The van der Waals surface area contributed by atoms with Gasteiger partial charge in [-0.1, -0.05) is 22.0 Å². The Bertz CT molecular complexity index is 722. The maximum Gasteiger partial charge on any atom is 0.338 e. The monoisotopic (exact) mass is 322 g/mol. The molecule has 0 aliphatic carbocycles. The van der Waals surface area contributed by atoms with Crippen molar-refractivity contribution in [3.63, 3.8) is 0 Å². The van der Waals surface area contributed by atoms with Crippen molar-refractivity contribution in [2.45, 2.75) is 13.8 Å². The van der Waals surface area contributed by atoms with E-state index in [0.29, 0.717) is 11.4 Å². The number of carbonyl (C=O) groups is 1. The minimum atomic E-state index is -1.14. The van der Waals surface area contributed by atoms with Crippen molar-refractivity contribution in [1.29, 1.82) is 0 Å². The van der Waals surface area contributed by atoms with Gasteiger partial charge in [0.15, 0.2) is 0 Å². The molecule has 0 atom stereocenters. The Morgan fingerprint density at radius 3 is 2.63 bits per heavy atom. The fraction of sp³-hybridized carbons (Fsp3) is 0.154. The molecule has 0 saturated carbocycles. The number of hydrogen-bond acceptors (Lipinski definition) is 3. The number of aromatic carboxylic acids is 1. The van der Waals surface area contributed by atoms with Crippen LogP contribution in [0.2, 0.25) is 0 Å². The highest BCUT2D eigenvalue weighted by atomic mass is 79.9. The van der Waals surface area contributed by atoms with Gasteiger partial charge in [-0.2, -0.15) is 9.78 Å². The van der Waals surface area contributed by atoms with Crippen molar-refractivity contribution in [3.8, 4) is 5.69 Å². The van der Waals surface area contributed by atoms with Crippen molar-refractivity contribution < 1.29 is 9.90 Å². The minimum absolute atomic E-state index is 0.0313. The molecule has 1 N–H and O–H groups in total. The molecule has 0 fully saturated rings. The number of hydrogen-bond donors (Lipinski definition) is 1. The summed E-state index contributed by atoms with van der Waals surface area (Å²) in [5.74, 6) is -1.14. The molecule has 0 unspecified atom stereocenters. The molecular weight excluding hydrogens is 312 g/mol. The van der Waals surface area contributed by atoms with E-state index in [1.54, 1.807) is 25.1 Å². The van der Waals surface area contributed by atoms with Crippen LogP contribution in [0.1, 0.15) is 21.6 Å². The molecule has 0 amide bonds. The van der Waals surface area contributed by atoms with Gasteiger partial charge in [0.1, 0.15) is 0 Å². The van der Waals surface area contributed by atoms with E-state index in [0.717, 1.165) is 4.47 Å². The topological polar surface area (TPSA) is 72.2 Å². The van der Waals surface area contributed by atoms with Crippen LogP contribution in [0, 0.1) is 13.8 Å². The zero-order valence-corrected chi connectivity index (χ0v) is 11.9. The van der Waals surface area contributed by atoms with Gasteiger partial charge in [-0.15, -0.1) is 0 Å². The van der Waals surface area contributed by atoms with Gasteiger partial charge in [0, 0.05) is 10.0 Å². The highest BCUT2D eigenvalue weighted by molar-refractivity contribution is 9.10. The Labute approximate surface area is 117 Å². The van der Waals surface area contributed by atoms with E-state index in [2.05, 4.69) is 21.0 Å². The molecule has 5 nitrogen and oxygen atoms in total. The third kappa shape index (κ3) is 2.44. The SMILES string of the molecule is Cc1nn(-c2cccc(Br)c2)c(=O)c(C)c1C(=O)O. The quantitative estimate of drug-likeness (QED) is 0.920.